The van der Waals surface area contributed by atoms with Crippen molar-refractivity contribution >= 4 is 0 Å². The van der Waals surface area contributed by atoms with Gasteiger partial charge in [-0.3, -0.25) is 4.90 Å². The molecule has 0 saturated carbocycles. The van der Waals surface area contributed by atoms with Crippen LogP contribution in [0.2, 0.25) is 0 Å². The lowest BCUT2D eigenvalue weighted by atomic mass is 9.92. The molecular weight excluding hydrogens is 242 g/mol. The molecule has 2 aromatic carbocycles. The number of piperidine rings is 1. The zero-order valence-electron chi connectivity index (χ0n) is 12.2. The van der Waals surface area contributed by atoms with Gasteiger partial charge in [0, 0.05) is 12.1 Å². The molecule has 104 valence electrons. The van der Waals surface area contributed by atoms with Crippen molar-refractivity contribution in [2.75, 3.05) is 6.54 Å². The lowest BCUT2D eigenvalue weighted by Crippen LogP contribution is -2.35. The van der Waals surface area contributed by atoms with E-state index in [-0.39, 0.29) is 0 Å². The summed E-state index contributed by atoms with van der Waals surface area (Å²) in [4.78, 5) is 2.67. The molecule has 1 heterocycles. The van der Waals surface area contributed by atoms with Crippen LogP contribution in [0, 0.1) is 0 Å². The molecule has 20 heavy (non-hydrogen) atoms. The Labute approximate surface area is 122 Å². The first-order valence-corrected chi connectivity index (χ1v) is 7.72. The molecule has 2 atom stereocenters. The number of hydrogen-bond acceptors (Lipinski definition) is 1. The third kappa shape index (κ3) is 2.78. The molecule has 1 heteroatoms. The summed E-state index contributed by atoms with van der Waals surface area (Å²) in [6.45, 7) is 3.55. The Hall–Kier alpha value is -1.60. The Morgan fingerprint density at radius 2 is 1.55 bits per heavy atom. The molecule has 0 aliphatic carbocycles. The standard InChI is InChI=1S/C19H23N/c1-16(17-10-4-2-5-11-17)20-15-9-8-14-19(20)18-12-6-3-7-13-18/h2-7,10-13,16,19H,8-9,14-15H2,1H3. The normalized spacial score (nSPS) is 21.6. The maximum absolute atomic E-state index is 2.67. The van der Waals surface area contributed by atoms with E-state index in [4.69, 9.17) is 0 Å². The van der Waals surface area contributed by atoms with E-state index in [1.54, 1.807) is 0 Å². The van der Waals surface area contributed by atoms with E-state index in [2.05, 4.69) is 72.5 Å². The van der Waals surface area contributed by atoms with Gasteiger partial charge in [0.05, 0.1) is 0 Å². The van der Waals surface area contributed by atoms with Crippen molar-refractivity contribution in [1.29, 1.82) is 0 Å². The first-order chi connectivity index (χ1) is 9.86. The van der Waals surface area contributed by atoms with Crippen molar-refractivity contribution in [3.63, 3.8) is 0 Å². The van der Waals surface area contributed by atoms with Crippen molar-refractivity contribution in [3.05, 3.63) is 71.8 Å². The molecule has 2 unspecified atom stereocenters. The minimum absolute atomic E-state index is 0.488. The van der Waals surface area contributed by atoms with Crippen molar-refractivity contribution in [2.24, 2.45) is 0 Å². The molecule has 2 aromatic rings. The zero-order valence-corrected chi connectivity index (χ0v) is 12.2. The molecule has 1 nitrogen and oxygen atoms in total. The molecule has 1 fully saturated rings. The van der Waals surface area contributed by atoms with Gasteiger partial charge in [-0.25, -0.2) is 0 Å². The van der Waals surface area contributed by atoms with E-state index in [1.165, 1.54) is 36.9 Å². The van der Waals surface area contributed by atoms with E-state index in [9.17, 15) is 0 Å². The highest BCUT2D eigenvalue weighted by Crippen LogP contribution is 2.37. The summed E-state index contributed by atoms with van der Waals surface area (Å²) >= 11 is 0. The molecule has 1 aliphatic rings. The van der Waals surface area contributed by atoms with Gasteiger partial charge in [-0.05, 0) is 37.4 Å². The van der Waals surface area contributed by atoms with Gasteiger partial charge < -0.3 is 0 Å². The van der Waals surface area contributed by atoms with Crippen LogP contribution in [0.4, 0.5) is 0 Å². The van der Waals surface area contributed by atoms with Crippen LogP contribution in [0.25, 0.3) is 0 Å². The Kier molecular flexibility index (Phi) is 4.17. The Balaban J connectivity index is 1.86. The quantitative estimate of drug-likeness (QED) is 0.757. The highest BCUT2D eigenvalue weighted by Gasteiger charge is 2.28. The third-order valence-corrected chi connectivity index (χ3v) is 4.51. The lowest BCUT2D eigenvalue weighted by Gasteiger charge is -2.40. The largest absolute Gasteiger partial charge is 0.290 e. The van der Waals surface area contributed by atoms with Crippen molar-refractivity contribution in [1.82, 2.24) is 4.90 Å². The van der Waals surface area contributed by atoms with Gasteiger partial charge in [0.15, 0.2) is 0 Å². The SMILES string of the molecule is CC(c1ccccc1)N1CCCCC1c1ccccc1. The monoisotopic (exact) mass is 265 g/mol. The molecule has 3 rings (SSSR count). The first-order valence-electron chi connectivity index (χ1n) is 7.72. The molecule has 0 bridgehead atoms. The molecule has 0 aromatic heterocycles. The number of likely N-dealkylation sites (tertiary alicyclic amines) is 1. The van der Waals surface area contributed by atoms with Crippen molar-refractivity contribution in [2.45, 2.75) is 38.3 Å². The minimum atomic E-state index is 0.488. The predicted molar refractivity (Wildman–Crippen MR) is 84.6 cm³/mol. The molecular formula is C19H23N. The molecule has 1 aliphatic heterocycles. The summed E-state index contributed by atoms with van der Waals surface area (Å²) < 4.78 is 0. The second-order valence-electron chi connectivity index (χ2n) is 5.75. The lowest BCUT2D eigenvalue weighted by molar-refractivity contribution is 0.103. The second kappa shape index (κ2) is 6.23. The van der Waals surface area contributed by atoms with Gasteiger partial charge in [-0.2, -0.15) is 0 Å². The first kappa shape index (κ1) is 13.4. The summed E-state index contributed by atoms with van der Waals surface area (Å²) in [5, 5.41) is 0. The van der Waals surface area contributed by atoms with E-state index >= 15 is 0 Å². The molecule has 1 saturated heterocycles. The van der Waals surface area contributed by atoms with Gasteiger partial charge in [-0.1, -0.05) is 67.1 Å². The van der Waals surface area contributed by atoms with E-state index in [0.717, 1.165) is 0 Å². The fraction of sp³-hybridized carbons (Fsp3) is 0.368. The average molecular weight is 265 g/mol. The summed E-state index contributed by atoms with van der Waals surface area (Å²) in [6, 6.07) is 22.9. The summed E-state index contributed by atoms with van der Waals surface area (Å²) in [5.74, 6) is 0. The third-order valence-electron chi connectivity index (χ3n) is 4.51. The summed E-state index contributed by atoms with van der Waals surface area (Å²) in [6.07, 6.45) is 3.94. The maximum Gasteiger partial charge on any atom is 0.0354 e. The van der Waals surface area contributed by atoms with Crippen LogP contribution in [0.1, 0.15) is 49.4 Å². The highest BCUT2D eigenvalue weighted by molar-refractivity contribution is 5.23. The zero-order chi connectivity index (χ0) is 13.8. The van der Waals surface area contributed by atoms with Crippen LogP contribution < -0.4 is 0 Å². The van der Waals surface area contributed by atoms with Gasteiger partial charge in [0.2, 0.25) is 0 Å². The number of hydrogen-bond donors (Lipinski definition) is 0. The molecule has 0 N–H and O–H groups in total. The summed E-state index contributed by atoms with van der Waals surface area (Å²) in [7, 11) is 0. The number of nitrogens with zero attached hydrogens (tertiary/aromatic N) is 1. The maximum atomic E-state index is 2.67. The fourth-order valence-corrected chi connectivity index (χ4v) is 3.37. The molecule has 0 radical (unpaired) electrons. The Morgan fingerprint density at radius 3 is 2.25 bits per heavy atom. The second-order valence-corrected chi connectivity index (χ2v) is 5.75. The van der Waals surface area contributed by atoms with Crippen LogP contribution in [0.5, 0.6) is 0 Å². The van der Waals surface area contributed by atoms with Crippen LogP contribution >= 0.6 is 0 Å². The van der Waals surface area contributed by atoms with Crippen molar-refractivity contribution < 1.29 is 0 Å². The average Bonchev–Trinajstić information content (AvgIpc) is 2.56. The van der Waals surface area contributed by atoms with Gasteiger partial charge in [0.25, 0.3) is 0 Å². The van der Waals surface area contributed by atoms with E-state index in [0.29, 0.717) is 12.1 Å². The number of benzene rings is 2. The highest BCUT2D eigenvalue weighted by atomic mass is 15.2. The molecule has 0 spiro atoms. The smallest absolute Gasteiger partial charge is 0.0354 e. The molecule has 0 amide bonds. The van der Waals surface area contributed by atoms with Crippen LogP contribution in [0.3, 0.4) is 0 Å². The Morgan fingerprint density at radius 1 is 0.900 bits per heavy atom. The van der Waals surface area contributed by atoms with Gasteiger partial charge >= 0.3 is 0 Å². The van der Waals surface area contributed by atoms with Gasteiger partial charge in [-0.15, -0.1) is 0 Å². The van der Waals surface area contributed by atoms with Crippen LogP contribution in [-0.2, 0) is 0 Å². The van der Waals surface area contributed by atoms with E-state index in [1.807, 2.05) is 0 Å². The summed E-state index contributed by atoms with van der Waals surface area (Å²) in [5.41, 5.74) is 2.89. The van der Waals surface area contributed by atoms with Crippen LogP contribution in [0.15, 0.2) is 60.7 Å². The van der Waals surface area contributed by atoms with Crippen molar-refractivity contribution in [3.8, 4) is 0 Å². The topological polar surface area (TPSA) is 3.24 Å². The minimum Gasteiger partial charge on any atom is -0.290 e. The number of rotatable bonds is 3. The predicted octanol–water partition coefficient (Wildman–Crippen LogP) is 4.97. The fourth-order valence-electron chi connectivity index (χ4n) is 3.37. The van der Waals surface area contributed by atoms with E-state index < -0.39 is 0 Å². The van der Waals surface area contributed by atoms with Crippen LogP contribution in [-0.4, -0.2) is 11.4 Å². The Bertz CT molecular complexity index is 520. The van der Waals surface area contributed by atoms with Gasteiger partial charge in [0.1, 0.15) is 0 Å².